The van der Waals surface area contributed by atoms with Crippen LogP contribution in [0.3, 0.4) is 0 Å². The molecule has 6 heteroatoms. The van der Waals surface area contributed by atoms with Crippen molar-refractivity contribution < 1.29 is 14.3 Å². The van der Waals surface area contributed by atoms with Gasteiger partial charge in [0.05, 0.1) is 24.8 Å². The number of hydrogen-bond donors (Lipinski definition) is 1. The summed E-state index contributed by atoms with van der Waals surface area (Å²) in [5.41, 5.74) is 2.05. The zero-order chi connectivity index (χ0) is 23.8. The molecule has 0 saturated carbocycles. The zero-order valence-corrected chi connectivity index (χ0v) is 20.2. The fraction of sp³-hybridized carbons (Fsp3) is 0.500. The Labute approximate surface area is 203 Å². The van der Waals surface area contributed by atoms with Crippen molar-refractivity contribution in [2.75, 3.05) is 37.7 Å². The van der Waals surface area contributed by atoms with E-state index in [0.29, 0.717) is 12.3 Å². The number of imide groups is 1. The molecule has 2 aliphatic heterocycles. The average molecular weight is 464 g/mol. The molecule has 2 amide bonds. The van der Waals surface area contributed by atoms with E-state index in [0.717, 1.165) is 50.7 Å². The van der Waals surface area contributed by atoms with Crippen LogP contribution in [0.15, 0.2) is 54.6 Å². The number of anilines is 1. The maximum Gasteiger partial charge on any atom is 0.251 e. The van der Waals surface area contributed by atoms with E-state index in [1.807, 2.05) is 12.1 Å². The normalized spacial score (nSPS) is 19.7. The second-order valence-corrected chi connectivity index (χ2v) is 9.45. The third kappa shape index (κ3) is 6.45. The Morgan fingerprint density at radius 2 is 1.74 bits per heavy atom. The second-order valence-electron chi connectivity index (χ2n) is 9.45. The Balaban J connectivity index is 1.16. The molecule has 182 valence electrons. The zero-order valence-electron chi connectivity index (χ0n) is 20.2. The molecule has 0 radical (unpaired) electrons. The summed E-state index contributed by atoms with van der Waals surface area (Å²) < 4.78 is 5.59. The maximum absolute atomic E-state index is 12.9. The topological polar surface area (TPSA) is 61.9 Å². The van der Waals surface area contributed by atoms with Gasteiger partial charge >= 0.3 is 0 Å². The minimum atomic E-state index is -0.430. The lowest BCUT2D eigenvalue weighted by molar-refractivity contribution is -0.121. The number of piperidine rings is 1. The van der Waals surface area contributed by atoms with Gasteiger partial charge in [-0.2, -0.15) is 0 Å². The molecule has 34 heavy (non-hydrogen) atoms. The van der Waals surface area contributed by atoms with E-state index in [1.54, 1.807) is 12.1 Å². The summed E-state index contributed by atoms with van der Waals surface area (Å²) in [4.78, 5) is 29.2. The number of nitrogens with one attached hydrogen (secondary N) is 1. The van der Waals surface area contributed by atoms with E-state index in [9.17, 15) is 9.59 Å². The van der Waals surface area contributed by atoms with Crippen molar-refractivity contribution in [1.82, 2.24) is 10.2 Å². The Hall–Kier alpha value is -2.70. The lowest BCUT2D eigenvalue weighted by Crippen LogP contribution is -2.40. The predicted molar refractivity (Wildman–Crippen MR) is 135 cm³/mol. The van der Waals surface area contributed by atoms with Gasteiger partial charge in [0.15, 0.2) is 0 Å². The van der Waals surface area contributed by atoms with Gasteiger partial charge in [0.1, 0.15) is 5.75 Å². The summed E-state index contributed by atoms with van der Waals surface area (Å²) in [5.74, 6) is 1.22. The summed E-state index contributed by atoms with van der Waals surface area (Å²) in [6.07, 6.45) is 5.80. The first-order chi connectivity index (χ1) is 16.6. The quantitative estimate of drug-likeness (QED) is 0.403. The fourth-order valence-electron chi connectivity index (χ4n) is 4.91. The summed E-state index contributed by atoms with van der Waals surface area (Å²) in [7, 11) is 0. The van der Waals surface area contributed by atoms with Crippen LogP contribution in [0.2, 0.25) is 0 Å². The monoisotopic (exact) mass is 463 g/mol. The van der Waals surface area contributed by atoms with Crippen molar-refractivity contribution in [2.24, 2.45) is 5.92 Å². The first-order valence-electron chi connectivity index (χ1n) is 12.7. The van der Waals surface area contributed by atoms with E-state index in [2.05, 4.69) is 47.5 Å². The van der Waals surface area contributed by atoms with E-state index in [4.69, 9.17) is 4.74 Å². The Morgan fingerprint density at radius 3 is 2.44 bits per heavy atom. The van der Waals surface area contributed by atoms with Crippen LogP contribution in [-0.2, 0) is 16.0 Å². The molecule has 1 N–H and O–H groups in total. The Bertz CT molecular complexity index is 924. The van der Waals surface area contributed by atoms with Crippen LogP contribution in [0.4, 0.5) is 5.69 Å². The number of amides is 2. The molecule has 2 aromatic rings. The van der Waals surface area contributed by atoms with Gasteiger partial charge in [0.25, 0.3) is 5.91 Å². The van der Waals surface area contributed by atoms with E-state index in [1.165, 1.54) is 29.7 Å². The SMILES string of the molecule is CCCOc1ccc(N2C(=O)C[C@@H](NCCCN3CCC(Cc4ccccc4)CC3)C2=O)cc1. The van der Waals surface area contributed by atoms with Crippen LogP contribution < -0.4 is 15.0 Å². The highest BCUT2D eigenvalue weighted by Gasteiger charge is 2.39. The highest BCUT2D eigenvalue weighted by molar-refractivity contribution is 6.22. The van der Waals surface area contributed by atoms with Gasteiger partial charge in [-0.25, -0.2) is 4.90 Å². The minimum absolute atomic E-state index is 0.148. The average Bonchev–Trinajstić information content (AvgIpc) is 3.15. The third-order valence-corrected chi connectivity index (χ3v) is 6.83. The first kappa shape index (κ1) is 24.4. The molecule has 2 aromatic carbocycles. The van der Waals surface area contributed by atoms with Crippen LogP contribution in [0.1, 0.15) is 44.6 Å². The van der Waals surface area contributed by atoms with Gasteiger partial charge in [-0.15, -0.1) is 0 Å². The molecular weight excluding hydrogens is 426 g/mol. The van der Waals surface area contributed by atoms with Crippen LogP contribution in [0.5, 0.6) is 5.75 Å². The van der Waals surface area contributed by atoms with Crippen LogP contribution in [0, 0.1) is 5.92 Å². The first-order valence-corrected chi connectivity index (χ1v) is 12.7. The lowest BCUT2D eigenvalue weighted by Gasteiger charge is -2.32. The van der Waals surface area contributed by atoms with Gasteiger partial charge in [-0.1, -0.05) is 37.3 Å². The molecule has 0 unspecified atom stereocenters. The number of carbonyl (C=O) groups excluding carboxylic acids is 2. The van der Waals surface area contributed by atoms with E-state index in [-0.39, 0.29) is 18.2 Å². The predicted octanol–water partition coefficient (Wildman–Crippen LogP) is 4.04. The van der Waals surface area contributed by atoms with Crippen molar-refractivity contribution in [1.29, 1.82) is 0 Å². The smallest absolute Gasteiger partial charge is 0.251 e. The summed E-state index contributed by atoms with van der Waals surface area (Å²) in [6, 6.07) is 17.5. The van der Waals surface area contributed by atoms with Gasteiger partial charge in [-0.3, -0.25) is 9.59 Å². The van der Waals surface area contributed by atoms with Gasteiger partial charge in [0, 0.05) is 0 Å². The van der Waals surface area contributed by atoms with Crippen molar-refractivity contribution in [3.05, 3.63) is 60.2 Å². The van der Waals surface area contributed by atoms with Crippen molar-refractivity contribution in [3.8, 4) is 5.75 Å². The van der Waals surface area contributed by atoms with Crippen LogP contribution in [-0.4, -0.2) is 55.5 Å². The standard InChI is InChI=1S/C28H37N3O3/c1-2-19-34-25-11-9-24(10-12-25)31-27(32)21-26(28(31)33)29-15-6-16-30-17-13-23(14-18-30)20-22-7-4-3-5-8-22/h3-5,7-12,23,26,29H,2,6,13-21H2,1H3/t26-/m1/s1. The highest BCUT2D eigenvalue weighted by Crippen LogP contribution is 2.25. The number of hydrogen-bond acceptors (Lipinski definition) is 5. The fourth-order valence-corrected chi connectivity index (χ4v) is 4.91. The van der Waals surface area contributed by atoms with E-state index >= 15 is 0 Å². The number of nitrogens with zero attached hydrogens (tertiary/aromatic N) is 2. The number of benzene rings is 2. The van der Waals surface area contributed by atoms with Crippen molar-refractivity contribution >= 4 is 17.5 Å². The molecule has 0 aromatic heterocycles. The molecule has 1 atom stereocenters. The molecule has 4 rings (SSSR count). The molecule has 0 aliphatic carbocycles. The molecule has 2 saturated heterocycles. The minimum Gasteiger partial charge on any atom is -0.494 e. The van der Waals surface area contributed by atoms with Crippen LogP contribution in [0.25, 0.3) is 0 Å². The van der Waals surface area contributed by atoms with E-state index < -0.39 is 6.04 Å². The van der Waals surface area contributed by atoms with Crippen LogP contribution >= 0.6 is 0 Å². The summed E-state index contributed by atoms with van der Waals surface area (Å²) in [5, 5.41) is 3.32. The molecule has 0 spiro atoms. The molecule has 6 nitrogen and oxygen atoms in total. The summed E-state index contributed by atoms with van der Waals surface area (Å²) >= 11 is 0. The third-order valence-electron chi connectivity index (χ3n) is 6.83. The maximum atomic E-state index is 12.9. The van der Waals surface area contributed by atoms with Gasteiger partial charge < -0.3 is 15.0 Å². The Morgan fingerprint density at radius 1 is 1.00 bits per heavy atom. The second kappa shape index (κ2) is 12.1. The molecule has 2 fully saturated rings. The number of ether oxygens (including phenoxy) is 1. The van der Waals surface area contributed by atoms with Gasteiger partial charge in [-0.05, 0) is 94.0 Å². The molecule has 2 heterocycles. The number of rotatable bonds is 11. The summed E-state index contributed by atoms with van der Waals surface area (Å²) in [6.45, 7) is 6.76. The molecular formula is C28H37N3O3. The highest BCUT2D eigenvalue weighted by atomic mass is 16.5. The Kier molecular flexibility index (Phi) is 8.72. The molecule has 2 aliphatic rings. The molecule has 0 bridgehead atoms. The van der Waals surface area contributed by atoms with Crippen molar-refractivity contribution in [3.63, 3.8) is 0 Å². The lowest BCUT2D eigenvalue weighted by atomic mass is 9.90. The number of carbonyl (C=O) groups is 2. The number of likely N-dealkylation sites (tertiary alicyclic amines) is 1. The van der Waals surface area contributed by atoms with Crippen molar-refractivity contribution in [2.45, 2.75) is 51.5 Å². The largest absolute Gasteiger partial charge is 0.494 e. The van der Waals surface area contributed by atoms with Gasteiger partial charge in [0.2, 0.25) is 5.91 Å².